The zero-order valence-electron chi connectivity index (χ0n) is 23.2. The summed E-state index contributed by atoms with van der Waals surface area (Å²) in [5, 5.41) is 17.5. The highest BCUT2D eigenvalue weighted by atomic mass is 32.2. The molecule has 0 radical (unpaired) electrons. The molecule has 8 nitrogen and oxygen atoms in total. The smallest absolute Gasteiger partial charge is 0.254 e. The number of amides is 3. The minimum Gasteiger partial charge on any atom is -0.381 e. The molecule has 5 unspecified atom stereocenters. The van der Waals surface area contributed by atoms with E-state index in [-0.39, 0.29) is 30.2 Å². The fourth-order valence-corrected chi connectivity index (χ4v) is 7.22. The molecule has 5 atom stereocenters. The first-order chi connectivity index (χ1) is 19.2. The molecule has 2 fully saturated rings. The molecule has 1 aliphatic carbocycles. The molecule has 2 aromatic rings. The van der Waals surface area contributed by atoms with E-state index < -0.39 is 34.9 Å². The minimum atomic E-state index is -1.52. The minimum absolute atomic E-state index is 0.114. The van der Waals surface area contributed by atoms with E-state index in [0.29, 0.717) is 13.0 Å². The van der Waals surface area contributed by atoms with Gasteiger partial charge in [-0.15, -0.1) is 11.8 Å². The van der Waals surface area contributed by atoms with Crippen molar-refractivity contribution in [2.75, 3.05) is 12.5 Å². The number of hydrogen-bond acceptors (Lipinski definition) is 6. The number of rotatable bonds is 8. The molecule has 3 amide bonds. The van der Waals surface area contributed by atoms with Crippen LogP contribution in [0.2, 0.25) is 0 Å². The van der Waals surface area contributed by atoms with Gasteiger partial charge in [0.2, 0.25) is 11.8 Å². The van der Waals surface area contributed by atoms with Crippen molar-refractivity contribution in [2.24, 2.45) is 0 Å². The number of nitrogens with one attached hydrogen (secondary N) is 2. The van der Waals surface area contributed by atoms with Crippen LogP contribution in [0.4, 0.5) is 0 Å². The van der Waals surface area contributed by atoms with Crippen molar-refractivity contribution in [1.82, 2.24) is 15.5 Å². The fourth-order valence-electron chi connectivity index (χ4n) is 6.08. The number of aryl methyl sites for hydroxylation is 1. The van der Waals surface area contributed by atoms with E-state index in [1.807, 2.05) is 56.3 Å². The lowest BCUT2D eigenvalue weighted by atomic mass is 9.87. The summed E-state index contributed by atoms with van der Waals surface area (Å²) in [6.07, 6.45) is 2.38. The van der Waals surface area contributed by atoms with Gasteiger partial charge in [0.15, 0.2) is 6.10 Å². The van der Waals surface area contributed by atoms with Crippen LogP contribution in [0.5, 0.6) is 0 Å². The summed E-state index contributed by atoms with van der Waals surface area (Å²) in [5.41, 5.74) is 3.25. The second-order valence-electron chi connectivity index (χ2n) is 11.5. The van der Waals surface area contributed by atoms with E-state index >= 15 is 0 Å². The Hall–Kier alpha value is -2.88. The van der Waals surface area contributed by atoms with E-state index in [2.05, 4.69) is 22.8 Å². The SMILES string of the molecule is CC1(C)SCN(C(=O)C(O)C(Cc2ccccc2)NC(=O)C2CCCO2)C1C(=O)NC1CCCc2ccccc21. The normalized spacial score (nSPS) is 25.1. The van der Waals surface area contributed by atoms with Crippen molar-refractivity contribution >= 4 is 29.5 Å². The van der Waals surface area contributed by atoms with Crippen LogP contribution in [-0.2, 0) is 32.0 Å². The molecule has 3 N–H and O–H groups in total. The second kappa shape index (κ2) is 12.3. The Balaban J connectivity index is 1.34. The first-order valence-electron chi connectivity index (χ1n) is 14.2. The maximum atomic E-state index is 13.9. The number of fused-ring (bicyclic) bond motifs is 1. The zero-order valence-corrected chi connectivity index (χ0v) is 24.0. The summed E-state index contributed by atoms with van der Waals surface area (Å²) in [6.45, 7) is 4.43. The van der Waals surface area contributed by atoms with Gasteiger partial charge in [-0.2, -0.15) is 0 Å². The van der Waals surface area contributed by atoms with Crippen LogP contribution in [0.25, 0.3) is 0 Å². The van der Waals surface area contributed by atoms with Gasteiger partial charge in [-0.3, -0.25) is 14.4 Å². The van der Waals surface area contributed by atoms with Crippen molar-refractivity contribution in [1.29, 1.82) is 0 Å². The third kappa shape index (κ3) is 6.21. The summed E-state index contributed by atoms with van der Waals surface area (Å²) in [4.78, 5) is 42.1. The van der Waals surface area contributed by atoms with Crippen LogP contribution >= 0.6 is 11.8 Å². The molecular formula is C31H39N3O5S. The molecule has 2 heterocycles. The number of thioether (sulfide) groups is 1. The van der Waals surface area contributed by atoms with Gasteiger partial charge in [-0.1, -0.05) is 54.6 Å². The number of hydrogen-bond donors (Lipinski definition) is 3. The van der Waals surface area contributed by atoms with Gasteiger partial charge in [0.05, 0.1) is 18.0 Å². The van der Waals surface area contributed by atoms with Crippen LogP contribution < -0.4 is 10.6 Å². The van der Waals surface area contributed by atoms with Crippen molar-refractivity contribution in [3.05, 3.63) is 71.3 Å². The predicted octanol–water partition coefficient (Wildman–Crippen LogP) is 3.13. The topological polar surface area (TPSA) is 108 Å². The molecule has 2 aromatic carbocycles. The van der Waals surface area contributed by atoms with Crippen molar-refractivity contribution < 1.29 is 24.2 Å². The number of aliphatic hydroxyl groups excluding tert-OH is 1. The third-order valence-corrected chi connectivity index (χ3v) is 9.62. The lowest BCUT2D eigenvalue weighted by molar-refractivity contribution is -0.148. The number of carbonyl (C=O) groups excluding carboxylic acids is 3. The molecule has 40 heavy (non-hydrogen) atoms. The molecular weight excluding hydrogens is 526 g/mol. The van der Waals surface area contributed by atoms with E-state index in [4.69, 9.17) is 4.74 Å². The fraction of sp³-hybridized carbons (Fsp3) is 0.516. The maximum Gasteiger partial charge on any atom is 0.254 e. The number of aliphatic hydroxyl groups is 1. The van der Waals surface area contributed by atoms with Crippen molar-refractivity contribution in [3.8, 4) is 0 Å². The van der Waals surface area contributed by atoms with Gasteiger partial charge >= 0.3 is 0 Å². The molecule has 5 rings (SSSR count). The average molecular weight is 566 g/mol. The first kappa shape index (κ1) is 28.6. The Bertz CT molecular complexity index is 1220. The summed E-state index contributed by atoms with van der Waals surface area (Å²) < 4.78 is 4.98. The van der Waals surface area contributed by atoms with Gasteiger partial charge < -0.3 is 25.4 Å². The Labute approximate surface area is 240 Å². The van der Waals surface area contributed by atoms with Crippen LogP contribution in [0.3, 0.4) is 0 Å². The molecule has 0 spiro atoms. The maximum absolute atomic E-state index is 13.9. The van der Waals surface area contributed by atoms with E-state index in [1.165, 1.54) is 22.2 Å². The largest absolute Gasteiger partial charge is 0.381 e. The highest BCUT2D eigenvalue weighted by Crippen LogP contribution is 2.40. The van der Waals surface area contributed by atoms with Gasteiger partial charge in [0.1, 0.15) is 12.1 Å². The van der Waals surface area contributed by atoms with Crippen LogP contribution in [0.1, 0.15) is 62.3 Å². The Kier molecular flexibility index (Phi) is 8.83. The standard InChI is InChI=1S/C31H39N3O5S/c1-31(2)27(29(37)32-23-15-8-13-21-12-6-7-14-22(21)23)34(19-40-31)30(38)26(35)24(18-20-10-4-3-5-11-20)33-28(36)25-16-9-17-39-25/h3-7,10-12,14,23-27,35H,8-9,13,15-19H2,1-2H3,(H,32,37)(H,33,36). The quantitative estimate of drug-likeness (QED) is 0.454. The van der Waals surface area contributed by atoms with Crippen LogP contribution in [-0.4, -0.2) is 69.3 Å². The highest BCUT2D eigenvalue weighted by molar-refractivity contribution is 8.00. The summed E-state index contributed by atoms with van der Waals surface area (Å²) in [6, 6.07) is 15.9. The summed E-state index contributed by atoms with van der Waals surface area (Å²) in [5.74, 6) is -0.831. The lowest BCUT2D eigenvalue weighted by Crippen LogP contribution is -2.59. The molecule has 0 aromatic heterocycles. The predicted molar refractivity (Wildman–Crippen MR) is 154 cm³/mol. The molecule has 2 aliphatic heterocycles. The second-order valence-corrected chi connectivity index (χ2v) is 13.1. The Morgan fingerprint density at radius 3 is 2.55 bits per heavy atom. The molecule has 2 saturated heterocycles. The zero-order chi connectivity index (χ0) is 28.3. The van der Waals surface area contributed by atoms with E-state index in [0.717, 1.165) is 36.8 Å². The number of benzene rings is 2. The van der Waals surface area contributed by atoms with Crippen molar-refractivity contribution in [3.63, 3.8) is 0 Å². The monoisotopic (exact) mass is 565 g/mol. The number of carbonyl (C=O) groups is 3. The van der Waals surface area contributed by atoms with Gasteiger partial charge in [0, 0.05) is 11.4 Å². The third-order valence-electron chi connectivity index (χ3n) is 8.25. The van der Waals surface area contributed by atoms with E-state index in [1.54, 1.807) is 0 Å². The first-order valence-corrected chi connectivity index (χ1v) is 15.2. The van der Waals surface area contributed by atoms with Crippen LogP contribution in [0, 0.1) is 0 Å². The summed E-state index contributed by atoms with van der Waals surface area (Å²) >= 11 is 1.51. The lowest BCUT2D eigenvalue weighted by Gasteiger charge is -2.35. The summed E-state index contributed by atoms with van der Waals surface area (Å²) in [7, 11) is 0. The van der Waals surface area contributed by atoms with Gasteiger partial charge in [-0.05, 0) is 69.1 Å². The van der Waals surface area contributed by atoms with Crippen molar-refractivity contribution in [2.45, 2.75) is 87.5 Å². The van der Waals surface area contributed by atoms with Crippen LogP contribution in [0.15, 0.2) is 54.6 Å². The van der Waals surface area contributed by atoms with E-state index in [9.17, 15) is 19.5 Å². The highest BCUT2D eigenvalue weighted by Gasteiger charge is 2.50. The van der Waals surface area contributed by atoms with Gasteiger partial charge in [0.25, 0.3) is 5.91 Å². The molecule has 0 bridgehead atoms. The Morgan fingerprint density at radius 1 is 1.05 bits per heavy atom. The molecule has 214 valence electrons. The average Bonchev–Trinajstić information content (AvgIpc) is 3.60. The Morgan fingerprint density at radius 2 is 1.80 bits per heavy atom. The molecule has 0 saturated carbocycles. The van der Waals surface area contributed by atoms with Gasteiger partial charge in [-0.25, -0.2) is 0 Å². The molecule has 3 aliphatic rings. The molecule has 9 heteroatoms. The number of nitrogens with zero attached hydrogens (tertiary/aromatic N) is 1. The number of ether oxygens (including phenoxy) is 1.